The fourth-order valence-corrected chi connectivity index (χ4v) is 2.48. The Morgan fingerprint density at radius 2 is 2.00 bits per heavy atom. The summed E-state index contributed by atoms with van der Waals surface area (Å²) >= 11 is 8.05. The van der Waals surface area contributed by atoms with E-state index >= 15 is 0 Å². The molecule has 0 bridgehead atoms. The summed E-state index contributed by atoms with van der Waals surface area (Å²) in [5.74, 6) is 2.98. The fourth-order valence-electron chi connectivity index (χ4n) is 1.80. The van der Waals surface area contributed by atoms with Gasteiger partial charge in [0.1, 0.15) is 16.8 Å². The molecule has 19 heavy (non-hydrogen) atoms. The van der Waals surface area contributed by atoms with Gasteiger partial charge in [0.15, 0.2) is 0 Å². The normalized spacial score (nSPS) is 10.7. The lowest BCUT2D eigenvalue weighted by atomic mass is 10.2. The van der Waals surface area contributed by atoms with Crippen molar-refractivity contribution in [3.05, 3.63) is 16.5 Å². The van der Waals surface area contributed by atoms with E-state index in [1.165, 1.54) is 25.0 Å². The zero-order valence-corrected chi connectivity index (χ0v) is 13.7. The Morgan fingerprint density at radius 3 is 2.68 bits per heavy atom. The summed E-state index contributed by atoms with van der Waals surface area (Å²) < 4.78 is 0. The summed E-state index contributed by atoms with van der Waals surface area (Å²) in [6, 6.07) is 0. The Balaban J connectivity index is 2.47. The van der Waals surface area contributed by atoms with Crippen LogP contribution in [0.15, 0.2) is 0 Å². The van der Waals surface area contributed by atoms with Gasteiger partial charge in [0, 0.05) is 18.5 Å². The summed E-state index contributed by atoms with van der Waals surface area (Å²) in [6.07, 6.45) is 7.78. The number of nitrogens with zero attached hydrogens (tertiary/aromatic N) is 2. The van der Waals surface area contributed by atoms with Crippen LogP contribution in [-0.4, -0.2) is 28.5 Å². The number of aryl methyl sites for hydroxylation is 1. The molecule has 0 aliphatic heterocycles. The molecule has 3 nitrogen and oxygen atoms in total. The van der Waals surface area contributed by atoms with Gasteiger partial charge >= 0.3 is 0 Å². The second-order valence-electron chi connectivity index (χ2n) is 4.63. The molecule has 0 spiro atoms. The molecule has 1 aromatic heterocycles. The molecule has 5 heteroatoms. The van der Waals surface area contributed by atoms with Crippen LogP contribution in [0.4, 0.5) is 5.82 Å². The van der Waals surface area contributed by atoms with Crippen LogP contribution in [0.3, 0.4) is 0 Å². The van der Waals surface area contributed by atoms with Crippen molar-refractivity contribution in [2.24, 2.45) is 0 Å². The first kappa shape index (κ1) is 16.6. The van der Waals surface area contributed by atoms with Gasteiger partial charge in [-0.05, 0) is 38.2 Å². The van der Waals surface area contributed by atoms with Crippen molar-refractivity contribution >= 4 is 29.2 Å². The Morgan fingerprint density at radius 1 is 1.21 bits per heavy atom. The minimum Gasteiger partial charge on any atom is -0.370 e. The Labute approximate surface area is 125 Å². The third-order valence-corrected chi connectivity index (χ3v) is 3.99. The van der Waals surface area contributed by atoms with E-state index in [1.807, 2.05) is 18.7 Å². The predicted molar refractivity (Wildman–Crippen MR) is 86.5 cm³/mol. The van der Waals surface area contributed by atoms with Crippen molar-refractivity contribution in [2.45, 2.75) is 46.0 Å². The number of hydrogen-bond donors (Lipinski definition) is 1. The highest BCUT2D eigenvalue weighted by atomic mass is 35.5. The lowest BCUT2D eigenvalue weighted by Crippen LogP contribution is -2.08. The maximum absolute atomic E-state index is 6.14. The number of thioether (sulfide) groups is 1. The Kier molecular flexibility index (Phi) is 8.22. The highest BCUT2D eigenvalue weighted by Gasteiger charge is 2.08. The Bertz CT molecular complexity index is 385. The summed E-state index contributed by atoms with van der Waals surface area (Å²) in [7, 11) is 0. The van der Waals surface area contributed by atoms with Crippen LogP contribution in [0.25, 0.3) is 0 Å². The number of aromatic nitrogens is 2. The molecule has 1 rings (SSSR count). The molecule has 0 radical (unpaired) electrons. The maximum atomic E-state index is 6.14. The van der Waals surface area contributed by atoms with Gasteiger partial charge in [-0.1, -0.05) is 24.9 Å². The van der Waals surface area contributed by atoms with Gasteiger partial charge in [-0.15, -0.1) is 0 Å². The molecule has 0 unspecified atom stereocenters. The molecule has 0 aromatic carbocycles. The van der Waals surface area contributed by atoms with E-state index in [4.69, 9.17) is 11.6 Å². The van der Waals surface area contributed by atoms with Crippen LogP contribution in [0.1, 0.15) is 44.0 Å². The van der Waals surface area contributed by atoms with Gasteiger partial charge < -0.3 is 5.32 Å². The predicted octanol–water partition coefficient (Wildman–Crippen LogP) is 4.34. The van der Waals surface area contributed by atoms with E-state index < -0.39 is 0 Å². The third-order valence-electron chi connectivity index (χ3n) is 2.92. The molecule has 0 saturated heterocycles. The zero-order chi connectivity index (χ0) is 14.1. The molecule has 0 saturated carbocycles. The van der Waals surface area contributed by atoms with E-state index in [-0.39, 0.29) is 0 Å². The number of unbranched alkanes of at least 4 members (excludes halogenated alkanes) is 2. The second-order valence-corrected chi connectivity index (χ2v) is 5.98. The molecule has 0 amide bonds. The van der Waals surface area contributed by atoms with E-state index in [2.05, 4.69) is 28.5 Å². The fraction of sp³-hybridized carbons (Fsp3) is 0.714. The number of nitrogens with one attached hydrogen (secondary N) is 1. The highest BCUT2D eigenvalue weighted by Crippen LogP contribution is 2.20. The summed E-state index contributed by atoms with van der Waals surface area (Å²) in [6.45, 7) is 5.04. The summed E-state index contributed by atoms with van der Waals surface area (Å²) in [5, 5.41) is 3.96. The van der Waals surface area contributed by atoms with Crippen molar-refractivity contribution in [1.29, 1.82) is 0 Å². The van der Waals surface area contributed by atoms with Gasteiger partial charge in [0.2, 0.25) is 0 Å². The quantitative estimate of drug-likeness (QED) is 0.544. The van der Waals surface area contributed by atoms with Crippen molar-refractivity contribution < 1.29 is 0 Å². The molecule has 0 atom stereocenters. The largest absolute Gasteiger partial charge is 0.370 e. The van der Waals surface area contributed by atoms with Crippen LogP contribution in [0.5, 0.6) is 0 Å². The molecule has 1 aromatic rings. The van der Waals surface area contributed by atoms with Crippen molar-refractivity contribution in [3.63, 3.8) is 0 Å². The monoisotopic (exact) mass is 301 g/mol. The number of halogens is 1. The van der Waals surface area contributed by atoms with Gasteiger partial charge in [0.05, 0.1) is 0 Å². The lowest BCUT2D eigenvalue weighted by molar-refractivity contribution is 0.745. The molecule has 0 aliphatic rings. The average molecular weight is 302 g/mol. The minimum atomic E-state index is 0.573. The summed E-state index contributed by atoms with van der Waals surface area (Å²) in [5.41, 5.74) is 0.950. The van der Waals surface area contributed by atoms with Crippen LogP contribution in [0.2, 0.25) is 5.15 Å². The van der Waals surface area contributed by atoms with Crippen LogP contribution in [-0.2, 0) is 6.42 Å². The number of rotatable bonds is 9. The lowest BCUT2D eigenvalue weighted by Gasteiger charge is -2.11. The Hall–Kier alpha value is -0.480. The third kappa shape index (κ3) is 6.00. The number of anilines is 1. The molecular formula is C14H24ClN3S. The van der Waals surface area contributed by atoms with E-state index in [9.17, 15) is 0 Å². The first-order valence-electron chi connectivity index (χ1n) is 6.94. The van der Waals surface area contributed by atoms with E-state index in [0.717, 1.165) is 36.6 Å². The average Bonchev–Trinajstić information content (AvgIpc) is 2.39. The van der Waals surface area contributed by atoms with Crippen molar-refractivity contribution in [1.82, 2.24) is 9.97 Å². The van der Waals surface area contributed by atoms with E-state index in [1.54, 1.807) is 0 Å². The molecular weight excluding hydrogens is 278 g/mol. The van der Waals surface area contributed by atoms with Crippen molar-refractivity contribution in [3.8, 4) is 0 Å². The molecule has 0 fully saturated rings. The van der Waals surface area contributed by atoms with Crippen LogP contribution in [0, 0.1) is 6.92 Å². The molecule has 108 valence electrons. The van der Waals surface area contributed by atoms with Gasteiger partial charge in [-0.2, -0.15) is 11.8 Å². The van der Waals surface area contributed by atoms with Gasteiger partial charge in [-0.3, -0.25) is 0 Å². The standard InChI is InChI=1S/C14H24ClN3S/c1-4-8-12-17-13(15)11(2)14(18-12)16-9-6-5-7-10-19-3/h4-10H2,1-3H3,(H,16,17,18). The first-order valence-corrected chi connectivity index (χ1v) is 8.72. The molecule has 1 N–H and O–H groups in total. The smallest absolute Gasteiger partial charge is 0.137 e. The number of hydrogen-bond acceptors (Lipinski definition) is 4. The van der Waals surface area contributed by atoms with E-state index in [0.29, 0.717) is 5.15 Å². The SMILES string of the molecule is CCCc1nc(Cl)c(C)c(NCCCCCSC)n1. The zero-order valence-electron chi connectivity index (χ0n) is 12.1. The van der Waals surface area contributed by atoms with Crippen LogP contribution >= 0.6 is 23.4 Å². The van der Waals surface area contributed by atoms with Crippen LogP contribution < -0.4 is 5.32 Å². The first-order chi connectivity index (χ1) is 9.19. The maximum Gasteiger partial charge on any atom is 0.137 e. The van der Waals surface area contributed by atoms with Crippen molar-refractivity contribution in [2.75, 3.05) is 23.9 Å². The van der Waals surface area contributed by atoms with Gasteiger partial charge in [-0.25, -0.2) is 9.97 Å². The molecule has 1 heterocycles. The summed E-state index contributed by atoms with van der Waals surface area (Å²) in [4.78, 5) is 8.85. The highest BCUT2D eigenvalue weighted by molar-refractivity contribution is 7.98. The second kappa shape index (κ2) is 9.43. The van der Waals surface area contributed by atoms with Gasteiger partial charge in [0.25, 0.3) is 0 Å². The minimum absolute atomic E-state index is 0.573. The molecule has 0 aliphatic carbocycles. The topological polar surface area (TPSA) is 37.8 Å².